The average molecular weight is 271 g/mol. The van der Waals surface area contributed by atoms with Crippen LogP contribution in [0.1, 0.15) is 56.2 Å². The van der Waals surface area contributed by atoms with Crippen LogP contribution in [0, 0.1) is 0 Å². The number of aryl methyl sites for hydroxylation is 2. The number of nitrogens with one attached hydrogen (secondary N) is 1. The number of rotatable bonds is 6. The molecule has 3 heteroatoms. The number of amides is 2. The third-order valence-corrected chi connectivity index (χ3v) is 3.92. The van der Waals surface area contributed by atoms with Crippen LogP contribution in [-0.4, -0.2) is 6.03 Å². The zero-order valence-corrected chi connectivity index (χ0v) is 12.6. The van der Waals surface area contributed by atoms with Gasteiger partial charge in [0.25, 0.3) is 0 Å². The highest BCUT2D eigenvalue weighted by Crippen LogP contribution is 2.34. The van der Waals surface area contributed by atoms with E-state index in [2.05, 4.69) is 49.6 Å². The second kappa shape index (κ2) is 6.60. The van der Waals surface area contributed by atoms with Gasteiger partial charge in [-0.15, -0.1) is 0 Å². The van der Waals surface area contributed by atoms with Crippen LogP contribution < -0.4 is 10.6 Å². The second-order valence-corrected chi connectivity index (χ2v) is 5.18. The summed E-state index contributed by atoms with van der Waals surface area (Å²) in [6, 6.07) is 6.29. The van der Waals surface area contributed by atoms with Crippen LogP contribution in [0.5, 0.6) is 0 Å². The van der Waals surface area contributed by atoms with Crippen molar-refractivity contribution in [2.24, 2.45) is 0 Å². The second-order valence-electron chi connectivity index (χ2n) is 5.18. The third kappa shape index (κ3) is 2.87. The van der Waals surface area contributed by atoms with Gasteiger partial charge in [0.15, 0.2) is 0 Å². The molecule has 1 radical (unpaired) electrons. The third-order valence-electron chi connectivity index (χ3n) is 3.92. The molecular formula is C17H23N2O. The number of hydrogen-bond acceptors (Lipinski definition) is 1. The molecule has 1 aromatic carbocycles. The van der Waals surface area contributed by atoms with Gasteiger partial charge in [-0.1, -0.05) is 45.4 Å². The zero-order valence-electron chi connectivity index (χ0n) is 12.6. The summed E-state index contributed by atoms with van der Waals surface area (Å²) < 4.78 is 0. The first kappa shape index (κ1) is 14.6. The summed E-state index contributed by atoms with van der Waals surface area (Å²) in [5.74, 6) is 0.251. The fraction of sp³-hybridized carbons (Fsp3) is 0.471. The van der Waals surface area contributed by atoms with Crippen LogP contribution in [0.15, 0.2) is 30.1 Å². The van der Waals surface area contributed by atoms with E-state index in [0.717, 1.165) is 31.4 Å². The van der Waals surface area contributed by atoms with Gasteiger partial charge in [-0.3, -0.25) is 0 Å². The molecule has 1 aliphatic rings. The Morgan fingerprint density at radius 3 is 2.25 bits per heavy atom. The highest BCUT2D eigenvalue weighted by molar-refractivity contribution is 5.80. The first-order valence-electron chi connectivity index (χ1n) is 7.53. The van der Waals surface area contributed by atoms with Crippen molar-refractivity contribution in [3.63, 3.8) is 0 Å². The number of nitrogens with zero attached hydrogens (tertiary/aromatic N) is 1. The van der Waals surface area contributed by atoms with Crippen molar-refractivity contribution in [3.8, 4) is 0 Å². The predicted molar refractivity (Wildman–Crippen MR) is 81.6 cm³/mol. The van der Waals surface area contributed by atoms with Gasteiger partial charge in [0.05, 0.1) is 6.20 Å². The lowest BCUT2D eigenvalue weighted by atomic mass is 9.83. The summed E-state index contributed by atoms with van der Waals surface area (Å²) in [5.41, 5.74) is 5.10. The predicted octanol–water partition coefficient (Wildman–Crippen LogP) is 3.86. The van der Waals surface area contributed by atoms with Crippen molar-refractivity contribution in [1.82, 2.24) is 10.6 Å². The molecule has 0 bridgehead atoms. The van der Waals surface area contributed by atoms with Gasteiger partial charge in [-0.25, -0.2) is 4.79 Å². The van der Waals surface area contributed by atoms with E-state index < -0.39 is 0 Å². The molecule has 0 fully saturated rings. The number of carbonyl (C=O) groups is 1. The fourth-order valence-electron chi connectivity index (χ4n) is 2.97. The molecule has 1 N–H and O–H groups in total. The molecule has 0 aliphatic carbocycles. The number of carbonyl (C=O) groups excluding carboxylic acids is 1. The van der Waals surface area contributed by atoms with Crippen LogP contribution in [0.25, 0.3) is 0 Å². The summed E-state index contributed by atoms with van der Waals surface area (Å²) >= 11 is 0. The van der Waals surface area contributed by atoms with E-state index in [9.17, 15) is 4.79 Å². The van der Waals surface area contributed by atoms with Crippen molar-refractivity contribution in [2.75, 3.05) is 0 Å². The lowest BCUT2D eigenvalue weighted by Gasteiger charge is -2.23. The number of allylic oxidation sites excluding steroid dienone is 1. The van der Waals surface area contributed by atoms with E-state index in [4.69, 9.17) is 0 Å². The smallest absolute Gasteiger partial charge is 0.308 e. The number of benzene rings is 1. The fourth-order valence-corrected chi connectivity index (χ4v) is 2.97. The monoisotopic (exact) mass is 271 g/mol. The Morgan fingerprint density at radius 2 is 1.80 bits per heavy atom. The van der Waals surface area contributed by atoms with Crippen LogP contribution in [0.3, 0.4) is 0 Å². The number of hydrogen-bond donors (Lipinski definition) is 1. The number of urea groups is 1. The Morgan fingerprint density at radius 1 is 1.15 bits per heavy atom. The maximum absolute atomic E-state index is 11.4. The minimum atomic E-state index is -0.242. The summed E-state index contributed by atoms with van der Waals surface area (Å²) in [5, 5.41) is 6.74. The Balaban J connectivity index is 2.45. The minimum Gasteiger partial charge on any atom is -0.308 e. The standard InChI is InChI=1S/C17H23N2O/c1-4-8-14(15-11-18-17(20)19-15)16-12(5-2)9-7-10-13(16)6-3/h7,9-11,14H,4-6,8H2,1-3H3,(H,19,20). The largest absolute Gasteiger partial charge is 0.345 e. The lowest BCUT2D eigenvalue weighted by molar-refractivity contribution is 0.248. The molecule has 1 aliphatic heterocycles. The summed E-state index contributed by atoms with van der Waals surface area (Å²) in [6.07, 6.45) is 5.85. The topological polar surface area (TPSA) is 43.2 Å². The van der Waals surface area contributed by atoms with E-state index >= 15 is 0 Å². The van der Waals surface area contributed by atoms with Gasteiger partial charge >= 0.3 is 6.03 Å². The van der Waals surface area contributed by atoms with Gasteiger partial charge in [-0.2, -0.15) is 5.32 Å². The van der Waals surface area contributed by atoms with Gasteiger partial charge in [0.2, 0.25) is 0 Å². The lowest BCUT2D eigenvalue weighted by Crippen LogP contribution is -2.23. The molecule has 0 spiro atoms. The van der Waals surface area contributed by atoms with Crippen molar-refractivity contribution in [1.29, 1.82) is 0 Å². The average Bonchev–Trinajstić information content (AvgIpc) is 2.90. The molecule has 1 atom stereocenters. The molecule has 2 amide bonds. The van der Waals surface area contributed by atoms with Gasteiger partial charge in [0.1, 0.15) is 0 Å². The Bertz CT molecular complexity index is 497. The molecule has 0 saturated heterocycles. The van der Waals surface area contributed by atoms with Crippen molar-refractivity contribution >= 4 is 6.03 Å². The molecular weight excluding hydrogens is 248 g/mol. The molecule has 2 rings (SSSR count). The van der Waals surface area contributed by atoms with Crippen LogP contribution in [0.4, 0.5) is 4.79 Å². The molecule has 1 unspecified atom stereocenters. The normalized spacial score (nSPS) is 15.6. The summed E-state index contributed by atoms with van der Waals surface area (Å²) in [6.45, 7) is 6.56. The molecule has 0 saturated carbocycles. The first-order chi connectivity index (χ1) is 9.71. The van der Waals surface area contributed by atoms with Gasteiger partial charge in [-0.05, 0) is 36.0 Å². The van der Waals surface area contributed by atoms with Gasteiger partial charge in [0, 0.05) is 11.6 Å². The Kier molecular flexibility index (Phi) is 4.83. The SMILES string of the molecule is CCCC(C1=C[N]C(=O)N1)c1c(CC)cccc1CC. The molecule has 3 nitrogen and oxygen atoms in total. The van der Waals surface area contributed by atoms with Gasteiger partial charge < -0.3 is 5.32 Å². The quantitative estimate of drug-likeness (QED) is 0.838. The molecule has 1 aromatic rings. The maximum Gasteiger partial charge on any atom is 0.345 e. The highest BCUT2D eigenvalue weighted by Gasteiger charge is 2.26. The Hall–Kier alpha value is -1.77. The van der Waals surface area contributed by atoms with Crippen LogP contribution >= 0.6 is 0 Å². The minimum absolute atomic E-state index is 0.242. The van der Waals surface area contributed by atoms with Crippen molar-refractivity contribution in [2.45, 2.75) is 52.4 Å². The zero-order chi connectivity index (χ0) is 14.5. The molecule has 107 valence electrons. The van der Waals surface area contributed by atoms with Crippen LogP contribution in [-0.2, 0) is 12.8 Å². The van der Waals surface area contributed by atoms with E-state index in [1.165, 1.54) is 16.7 Å². The van der Waals surface area contributed by atoms with E-state index in [0.29, 0.717) is 0 Å². The van der Waals surface area contributed by atoms with Crippen LogP contribution in [0.2, 0.25) is 0 Å². The first-order valence-corrected chi connectivity index (χ1v) is 7.53. The highest BCUT2D eigenvalue weighted by atomic mass is 16.2. The molecule has 20 heavy (non-hydrogen) atoms. The maximum atomic E-state index is 11.4. The molecule has 0 aromatic heterocycles. The summed E-state index contributed by atoms with van der Waals surface area (Å²) in [7, 11) is 0. The van der Waals surface area contributed by atoms with E-state index in [1.807, 2.05) is 0 Å². The van der Waals surface area contributed by atoms with Crippen molar-refractivity contribution in [3.05, 3.63) is 46.8 Å². The Labute approximate surface area is 121 Å². The summed E-state index contributed by atoms with van der Waals surface area (Å²) in [4.78, 5) is 11.4. The van der Waals surface area contributed by atoms with E-state index in [1.54, 1.807) is 6.20 Å². The van der Waals surface area contributed by atoms with E-state index in [-0.39, 0.29) is 11.9 Å². The van der Waals surface area contributed by atoms with Crippen molar-refractivity contribution < 1.29 is 4.79 Å². The molecule has 1 heterocycles.